The van der Waals surface area contributed by atoms with Gasteiger partial charge in [0.1, 0.15) is 0 Å². The Labute approximate surface area is 171 Å². The molecule has 2 atom stereocenters. The molecule has 2 rings (SSSR count). The van der Waals surface area contributed by atoms with Crippen LogP contribution in [0.15, 0.2) is 0 Å². The predicted octanol–water partition coefficient (Wildman–Crippen LogP) is 5.55. The summed E-state index contributed by atoms with van der Waals surface area (Å²) >= 11 is 0. The van der Waals surface area contributed by atoms with Crippen molar-refractivity contribution in [1.29, 1.82) is 0 Å². The van der Waals surface area contributed by atoms with Crippen molar-refractivity contribution in [3.05, 3.63) is 45.6 Å². The standard InChI is InChI=1S/C24H38N4/c1-9-17-19(11-3)27-23(21(13-5)25-17)15(7)16(8)24-22(14-6)26-18(10-2)20(12-4)28-24/h15-16H,9-14H2,1-8H3. The van der Waals surface area contributed by atoms with E-state index in [4.69, 9.17) is 19.9 Å². The number of aryl methyl sites for hydroxylation is 6. The van der Waals surface area contributed by atoms with E-state index in [1.165, 1.54) is 0 Å². The summed E-state index contributed by atoms with van der Waals surface area (Å²) < 4.78 is 0. The second-order valence-electron chi connectivity index (χ2n) is 7.60. The van der Waals surface area contributed by atoms with E-state index in [0.717, 1.165) is 84.1 Å². The van der Waals surface area contributed by atoms with Crippen LogP contribution >= 0.6 is 0 Å². The second-order valence-corrected chi connectivity index (χ2v) is 7.60. The summed E-state index contributed by atoms with van der Waals surface area (Å²) in [5, 5.41) is 0. The molecule has 4 heteroatoms. The third-order valence-corrected chi connectivity index (χ3v) is 5.93. The largest absolute Gasteiger partial charge is 0.254 e. The van der Waals surface area contributed by atoms with Gasteiger partial charge in [-0.05, 0) is 38.5 Å². The van der Waals surface area contributed by atoms with Gasteiger partial charge in [0.25, 0.3) is 0 Å². The Morgan fingerprint density at radius 1 is 0.429 bits per heavy atom. The first-order valence-electron chi connectivity index (χ1n) is 11.2. The normalized spacial score (nSPS) is 13.6. The summed E-state index contributed by atoms with van der Waals surface area (Å²) in [6, 6.07) is 0. The van der Waals surface area contributed by atoms with E-state index in [9.17, 15) is 0 Å². The summed E-state index contributed by atoms with van der Waals surface area (Å²) in [4.78, 5) is 20.2. The van der Waals surface area contributed by atoms with Crippen molar-refractivity contribution in [2.24, 2.45) is 0 Å². The molecule has 0 N–H and O–H groups in total. The average molecular weight is 383 g/mol. The molecule has 0 radical (unpaired) electrons. The molecule has 0 aliphatic rings. The van der Waals surface area contributed by atoms with Gasteiger partial charge in [0, 0.05) is 11.8 Å². The van der Waals surface area contributed by atoms with E-state index >= 15 is 0 Å². The molecule has 0 aromatic carbocycles. The minimum atomic E-state index is 0.260. The molecule has 0 aliphatic carbocycles. The molecular formula is C24H38N4. The minimum absolute atomic E-state index is 0.260. The molecule has 0 aliphatic heterocycles. The van der Waals surface area contributed by atoms with Crippen molar-refractivity contribution in [3.8, 4) is 0 Å². The molecule has 4 nitrogen and oxygen atoms in total. The van der Waals surface area contributed by atoms with Gasteiger partial charge in [-0.2, -0.15) is 0 Å². The van der Waals surface area contributed by atoms with E-state index in [2.05, 4.69) is 55.4 Å². The van der Waals surface area contributed by atoms with Crippen LogP contribution in [-0.2, 0) is 38.5 Å². The Balaban J connectivity index is 2.54. The van der Waals surface area contributed by atoms with E-state index in [1.807, 2.05) is 0 Å². The zero-order chi connectivity index (χ0) is 20.8. The van der Waals surface area contributed by atoms with Crippen LogP contribution in [0, 0.1) is 0 Å². The van der Waals surface area contributed by atoms with Crippen LogP contribution in [0.25, 0.3) is 0 Å². The van der Waals surface area contributed by atoms with Gasteiger partial charge in [-0.15, -0.1) is 0 Å². The quantitative estimate of drug-likeness (QED) is 0.570. The van der Waals surface area contributed by atoms with Crippen LogP contribution in [0.4, 0.5) is 0 Å². The van der Waals surface area contributed by atoms with Crippen LogP contribution in [0.1, 0.15) is 113 Å². The summed E-state index contributed by atoms with van der Waals surface area (Å²) in [6.45, 7) is 17.6. The van der Waals surface area contributed by atoms with Crippen molar-refractivity contribution < 1.29 is 0 Å². The first-order valence-corrected chi connectivity index (χ1v) is 11.2. The molecule has 0 saturated heterocycles. The number of aromatic nitrogens is 4. The molecule has 0 bridgehead atoms. The maximum atomic E-state index is 5.10. The third kappa shape index (κ3) is 4.42. The van der Waals surface area contributed by atoms with Crippen LogP contribution in [0.2, 0.25) is 0 Å². The van der Waals surface area contributed by atoms with Crippen molar-refractivity contribution >= 4 is 0 Å². The molecule has 0 fully saturated rings. The Morgan fingerprint density at radius 3 is 0.929 bits per heavy atom. The molecule has 2 heterocycles. The van der Waals surface area contributed by atoms with Gasteiger partial charge >= 0.3 is 0 Å². The fourth-order valence-electron chi connectivity index (χ4n) is 3.97. The lowest BCUT2D eigenvalue weighted by Gasteiger charge is -2.25. The number of nitrogens with zero attached hydrogens (tertiary/aromatic N) is 4. The van der Waals surface area contributed by atoms with Crippen molar-refractivity contribution in [1.82, 2.24) is 19.9 Å². The predicted molar refractivity (Wildman–Crippen MR) is 117 cm³/mol. The van der Waals surface area contributed by atoms with Gasteiger partial charge in [-0.25, -0.2) is 0 Å². The number of hydrogen-bond acceptors (Lipinski definition) is 4. The number of rotatable bonds is 9. The van der Waals surface area contributed by atoms with Crippen molar-refractivity contribution in [2.75, 3.05) is 0 Å². The topological polar surface area (TPSA) is 51.6 Å². The summed E-state index contributed by atoms with van der Waals surface area (Å²) in [6.07, 6.45) is 5.57. The van der Waals surface area contributed by atoms with Crippen LogP contribution in [-0.4, -0.2) is 19.9 Å². The molecule has 2 aromatic rings. The molecular weight excluding hydrogens is 344 g/mol. The maximum absolute atomic E-state index is 5.10. The fourth-order valence-corrected chi connectivity index (χ4v) is 3.97. The van der Waals surface area contributed by atoms with Gasteiger partial charge in [0.15, 0.2) is 0 Å². The Morgan fingerprint density at radius 2 is 0.679 bits per heavy atom. The molecule has 0 amide bonds. The summed E-state index contributed by atoms with van der Waals surface area (Å²) in [7, 11) is 0. The van der Waals surface area contributed by atoms with E-state index in [-0.39, 0.29) is 11.8 Å². The highest BCUT2D eigenvalue weighted by Gasteiger charge is 2.26. The third-order valence-electron chi connectivity index (χ3n) is 5.93. The summed E-state index contributed by atoms with van der Waals surface area (Å²) in [5.41, 5.74) is 9.16. The average Bonchev–Trinajstić information content (AvgIpc) is 2.75. The molecule has 2 unspecified atom stereocenters. The smallest absolute Gasteiger partial charge is 0.0656 e. The molecule has 0 saturated carbocycles. The van der Waals surface area contributed by atoms with Crippen LogP contribution < -0.4 is 0 Å². The van der Waals surface area contributed by atoms with Gasteiger partial charge in [-0.1, -0.05) is 55.4 Å². The Hall–Kier alpha value is -1.84. The monoisotopic (exact) mass is 382 g/mol. The molecule has 28 heavy (non-hydrogen) atoms. The Bertz CT molecular complexity index is 730. The highest BCUT2D eigenvalue weighted by molar-refractivity contribution is 5.30. The van der Waals surface area contributed by atoms with Gasteiger partial charge in [0.2, 0.25) is 0 Å². The van der Waals surface area contributed by atoms with Gasteiger partial charge in [-0.3, -0.25) is 19.9 Å². The van der Waals surface area contributed by atoms with Gasteiger partial charge < -0.3 is 0 Å². The first kappa shape index (κ1) is 22.4. The summed E-state index contributed by atoms with van der Waals surface area (Å²) in [5.74, 6) is 0.519. The lowest BCUT2D eigenvalue weighted by Crippen LogP contribution is -2.18. The number of hydrogen-bond donors (Lipinski definition) is 0. The van der Waals surface area contributed by atoms with Gasteiger partial charge in [0.05, 0.1) is 45.6 Å². The highest BCUT2D eigenvalue weighted by atomic mass is 14.9. The zero-order valence-electron chi connectivity index (χ0n) is 19.2. The first-order chi connectivity index (χ1) is 13.4. The molecule has 154 valence electrons. The molecule has 2 aromatic heterocycles. The Kier molecular flexibility index (Phi) is 8.09. The molecule has 0 spiro atoms. The highest BCUT2D eigenvalue weighted by Crippen LogP contribution is 2.34. The van der Waals surface area contributed by atoms with Crippen molar-refractivity contribution in [3.63, 3.8) is 0 Å². The fraction of sp³-hybridized carbons (Fsp3) is 0.667. The SMILES string of the molecule is CCc1nc(CC)c(C(C)C(C)c2nc(CC)c(CC)nc2CC)nc1CC. The minimum Gasteiger partial charge on any atom is -0.254 e. The lowest BCUT2D eigenvalue weighted by atomic mass is 9.86. The van der Waals surface area contributed by atoms with Crippen molar-refractivity contribution in [2.45, 2.75) is 106 Å². The van der Waals surface area contributed by atoms with Crippen LogP contribution in [0.5, 0.6) is 0 Å². The lowest BCUT2D eigenvalue weighted by molar-refractivity contribution is 0.565. The second kappa shape index (κ2) is 10.1. The van der Waals surface area contributed by atoms with E-state index in [0.29, 0.717) is 0 Å². The maximum Gasteiger partial charge on any atom is 0.0656 e. The van der Waals surface area contributed by atoms with E-state index < -0.39 is 0 Å². The van der Waals surface area contributed by atoms with Crippen LogP contribution in [0.3, 0.4) is 0 Å². The zero-order valence-corrected chi connectivity index (χ0v) is 19.2. The van der Waals surface area contributed by atoms with E-state index in [1.54, 1.807) is 0 Å².